The number of carbonyl (C=O) groups excluding carboxylic acids is 1. The summed E-state index contributed by atoms with van der Waals surface area (Å²) in [5, 5.41) is 5.15. The summed E-state index contributed by atoms with van der Waals surface area (Å²) in [5.41, 5.74) is 2.97. The Kier molecular flexibility index (Phi) is 4.02. The van der Waals surface area contributed by atoms with Crippen LogP contribution in [-0.2, 0) is 17.6 Å². The molecule has 126 valence electrons. The zero-order valence-electron chi connectivity index (χ0n) is 14.3. The molecule has 0 radical (unpaired) electrons. The molecule has 1 aliphatic carbocycles. The van der Waals surface area contributed by atoms with Gasteiger partial charge in [0.2, 0.25) is 0 Å². The molecule has 0 aromatic heterocycles. The topological polar surface area (TPSA) is 38.3 Å². The van der Waals surface area contributed by atoms with Crippen molar-refractivity contribution in [3.63, 3.8) is 0 Å². The number of rotatable bonds is 4. The number of benzene rings is 3. The molecule has 0 unspecified atom stereocenters. The third-order valence-corrected chi connectivity index (χ3v) is 5.18. The molecule has 25 heavy (non-hydrogen) atoms. The van der Waals surface area contributed by atoms with Crippen molar-refractivity contribution < 1.29 is 9.53 Å². The number of fused-ring (bicyclic) bond motifs is 2. The fourth-order valence-corrected chi connectivity index (χ4v) is 3.76. The summed E-state index contributed by atoms with van der Waals surface area (Å²) in [5.74, 6) is -0.0517. The van der Waals surface area contributed by atoms with Crippen LogP contribution in [0.2, 0.25) is 0 Å². The summed E-state index contributed by atoms with van der Waals surface area (Å²) in [7, 11) is 1.73. The van der Waals surface area contributed by atoms with E-state index in [1.165, 1.54) is 11.1 Å². The molecule has 1 aliphatic rings. The van der Waals surface area contributed by atoms with E-state index in [0.717, 1.165) is 23.6 Å². The Labute approximate surface area is 147 Å². The van der Waals surface area contributed by atoms with Gasteiger partial charge in [0.25, 0.3) is 5.91 Å². The second-order valence-corrected chi connectivity index (χ2v) is 6.72. The van der Waals surface area contributed by atoms with Gasteiger partial charge in [0.1, 0.15) is 0 Å². The van der Waals surface area contributed by atoms with E-state index in [4.69, 9.17) is 4.74 Å². The summed E-state index contributed by atoms with van der Waals surface area (Å²) in [4.78, 5) is 12.8. The SMILES string of the molecule is COC1(CNC(=O)c2cccc3ccccc23)Cc2ccccc2C1. The van der Waals surface area contributed by atoms with E-state index in [1.807, 2.05) is 42.5 Å². The first-order chi connectivity index (χ1) is 12.2. The van der Waals surface area contributed by atoms with Gasteiger partial charge in [-0.1, -0.05) is 60.7 Å². The predicted octanol–water partition coefficient (Wildman–Crippen LogP) is 3.75. The normalized spacial score (nSPS) is 15.1. The van der Waals surface area contributed by atoms with Crippen molar-refractivity contribution in [2.75, 3.05) is 13.7 Å². The standard InChI is InChI=1S/C22H21NO2/c1-25-22(13-17-8-2-3-9-18(17)14-22)15-23-21(24)20-12-6-10-16-7-4-5-11-19(16)20/h2-12H,13-15H2,1H3,(H,23,24). The number of nitrogens with one attached hydrogen (secondary N) is 1. The Morgan fingerprint density at radius 3 is 2.32 bits per heavy atom. The first kappa shape index (κ1) is 15.9. The lowest BCUT2D eigenvalue weighted by Gasteiger charge is -2.28. The maximum atomic E-state index is 12.8. The highest BCUT2D eigenvalue weighted by Gasteiger charge is 2.37. The molecule has 3 heteroatoms. The molecule has 0 saturated carbocycles. The van der Waals surface area contributed by atoms with Crippen LogP contribution in [0.4, 0.5) is 0 Å². The highest BCUT2D eigenvalue weighted by atomic mass is 16.5. The van der Waals surface area contributed by atoms with Crippen LogP contribution in [0.5, 0.6) is 0 Å². The second kappa shape index (κ2) is 6.34. The molecule has 0 fully saturated rings. The van der Waals surface area contributed by atoms with Crippen molar-refractivity contribution >= 4 is 16.7 Å². The average molecular weight is 331 g/mol. The minimum Gasteiger partial charge on any atom is -0.376 e. The van der Waals surface area contributed by atoms with Crippen LogP contribution >= 0.6 is 0 Å². The van der Waals surface area contributed by atoms with Crippen LogP contribution in [-0.4, -0.2) is 25.2 Å². The summed E-state index contributed by atoms with van der Waals surface area (Å²) in [6.07, 6.45) is 1.66. The first-order valence-electron chi connectivity index (χ1n) is 8.59. The van der Waals surface area contributed by atoms with Gasteiger partial charge in [-0.2, -0.15) is 0 Å². The van der Waals surface area contributed by atoms with E-state index in [2.05, 4.69) is 29.6 Å². The number of carbonyl (C=O) groups is 1. The monoisotopic (exact) mass is 331 g/mol. The van der Waals surface area contributed by atoms with Crippen molar-refractivity contribution in [3.05, 3.63) is 83.4 Å². The molecule has 4 rings (SSSR count). The van der Waals surface area contributed by atoms with Crippen LogP contribution in [0.25, 0.3) is 10.8 Å². The van der Waals surface area contributed by atoms with E-state index in [9.17, 15) is 4.79 Å². The maximum absolute atomic E-state index is 12.8. The van der Waals surface area contributed by atoms with Gasteiger partial charge in [0, 0.05) is 32.1 Å². The van der Waals surface area contributed by atoms with E-state index >= 15 is 0 Å². The van der Waals surface area contributed by atoms with Crippen LogP contribution in [0.3, 0.4) is 0 Å². The number of amides is 1. The lowest BCUT2D eigenvalue weighted by atomic mass is 9.99. The van der Waals surface area contributed by atoms with Crippen LogP contribution < -0.4 is 5.32 Å². The molecule has 0 bridgehead atoms. The number of methoxy groups -OCH3 is 1. The third-order valence-electron chi connectivity index (χ3n) is 5.18. The van der Waals surface area contributed by atoms with Crippen molar-refractivity contribution in [3.8, 4) is 0 Å². The maximum Gasteiger partial charge on any atom is 0.252 e. The minimum absolute atomic E-state index is 0.0517. The Hall–Kier alpha value is -2.65. The fraction of sp³-hybridized carbons (Fsp3) is 0.227. The van der Waals surface area contributed by atoms with Gasteiger partial charge in [-0.3, -0.25) is 4.79 Å². The highest BCUT2D eigenvalue weighted by molar-refractivity contribution is 6.07. The fourth-order valence-electron chi connectivity index (χ4n) is 3.76. The largest absolute Gasteiger partial charge is 0.376 e. The molecule has 1 amide bonds. The zero-order valence-corrected chi connectivity index (χ0v) is 14.3. The molecular weight excluding hydrogens is 310 g/mol. The summed E-state index contributed by atoms with van der Waals surface area (Å²) < 4.78 is 5.84. The van der Waals surface area contributed by atoms with E-state index in [1.54, 1.807) is 7.11 Å². The molecule has 0 spiro atoms. The Morgan fingerprint density at radius 2 is 1.60 bits per heavy atom. The molecule has 0 aliphatic heterocycles. The molecule has 0 saturated heterocycles. The van der Waals surface area contributed by atoms with Crippen molar-refractivity contribution in [1.29, 1.82) is 0 Å². The van der Waals surface area contributed by atoms with Crippen molar-refractivity contribution in [1.82, 2.24) is 5.32 Å². The van der Waals surface area contributed by atoms with E-state index < -0.39 is 0 Å². The summed E-state index contributed by atoms with van der Waals surface area (Å²) in [6.45, 7) is 0.500. The Morgan fingerprint density at radius 1 is 0.960 bits per heavy atom. The van der Waals surface area contributed by atoms with Crippen LogP contribution in [0.15, 0.2) is 66.7 Å². The molecule has 0 heterocycles. The van der Waals surface area contributed by atoms with Gasteiger partial charge in [-0.25, -0.2) is 0 Å². The quantitative estimate of drug-likeness (QED) is 0.791. The average Bonchev–Trinajstić information content (AvgIpc) is 3.05. The van der Waals surface area contributed by atoms with Gasteiger partial charge < -0.3 is 10.1 Å². The van der Waals surface area contributed by atoms with Crippen LogP contribution in [0.1, 0.15) is 21.5 Å². The lowest BCUT2D eigenvalue weighted by Crippen LogP contribution is -2.45. The summed E-state index contributed by atoms with van der Waals surface area (Å²) in [6, 6.07) is 22.2. The van der Waals surface area contributed by atoms with Crippen molar-refractivity contribution in [2.45, 2.75) is 18.4 Å². The van der Waals surface area contributed by atoms with Crippen molar-refractivity contribution in [2.24, 2.45) is 0 Å². The van der Waals surface area contributed by atoms with Gasteiger partial charge in [0.15, 0.2) is 0 Å². The molecule has 3 nitrogen and oxygen atoms in total. The molecule has 3 aromatic rings. The third kappa shape index (κ3) is 2.92. The summed E-state index contributed by atoms with van der Waals surface area (Å²) >= 11 is 0. The van der Waals surface area contributed by atoms with Crippen LogP contribution in [0, 0.1) is 0 Å². The predicted molar refractivity (Wildman–Crippen MR) is 99.9 cm³/mol. The van der Waals surface area contributed by atoms with Gasteiger partial charge in [0.05, 0.1) is 5.60 Å². The van der Waals surface area contributed by atoms with E-state index in [0.29, 0.717) is 12.1 Å². The number of hydrogen-bond donors (Lipinski definition) is 1. The van der Waals surface area contributed by atoms with E-state index in [-0.39, 0.29) is 11.5 Å². The second-order valence-electron chi connectivity index (χ2n) is 6.72. The number of ether oxygens (including phenoxy) is 1. The Bertz CT molecular complexity index is 902. The van der Waals surface area contributed by atoms with Gasteiger partial charge in [-0.15, -0.1) is 0 Å². The molecule has 1 N–H and O–H groups in total. The zero-order chi connectivity index (χ0) is 17.3. The Balaban J connectivity index is 1.53. The first-order valence-corrected chi connectivity index (χ1v) is 8.59. The lowest BCUT2D eigenvalue weighted by molar-refractivity contribution is 0.000190. The molecule has 0 atom stereocenters. The minimum atomic E-state index is -0.357. The van der Waals surface area contributed by atoms with Gasteiger partial charge in [-0.05, 0) is 28.0 Å². The molecule has 3 aromatic carbocycles. The molecular formula is C22H21NO2. The number of hydrogen-bond acceptors (Lipinski definition) is 2. The highest BCUT2D eigenvalue weighted by Crippen LogP contribution is 2.32. The van der Waals surface area contributed by atoms with Gasteiger partial charge >= 0.3 is 0 Å². The smallest absolute Gasteiger partial charge is 0.252 e.